The van der Waals surface area contributed by atoms with Crippen molar-refractivity contribution in [3.8, 4) is 11.1 Å². The molecule has 3 aromatic rings. The molecule has 0 spiro atoms. The molecule has 0 saturated carbocycles. The van der Waals surface area contributed by atoms with Gasteiger partial charge in [-0.15, -0.1) is 0 Å². The lowest BCUT2D eigenvalue weighted by atomic mass is 10.0. The molecular formula is C26H25F3N2. The zero-order chi connectivity index (χ0) is 21.4. The smallest absolute Gasteiger partial charge is 0.363 e. The van der Waals surface area contributed by atoms with Crippen LogP contribution >= 0.6 is 0 Å². The Kier molecular flexibility index (Phi) is 5.22. The van der Waals surface area contributed by atoms with Crippen LogP contribution in [0.15, 0.2) is 78.9 Å². The van der Waals surface area contributed by atoms with Crippen molar-refractivity contribution in [1.82, 2.24) is 4.90 Å². The summed E-state index contributed by atoms with van der Waals surface area (Å²) in [6.45, 7) is 2.79. The number of nitrogens with zero attached hydrogens (tertiary/aromatic N) is 2. The molecule has 2 aliphatic heterocycles. The van der Waals surface area contributed by atoms with Crippen LogP contribution in [0.1, 0.15) is 24.0 Å². The Labute approximate surface area is 180 Å². The van der Waals surface area contributed by atoms with Crippen LogP contribution in [-0.2, 0) is 12.7 Å². The summed E-state index contributed by atoms with van der Waals surface area (Å²) < 4.78 is 38.7. The molecule has 2 heterocycles. The molecule has 5 rings (SSSR count). The van der Waals surface area contributed by atoms with Gasteiger partial charge in [0.15, 0.2) is 0 Å². The van der Waals surface area contributed by atoms with Gasteiger partial charge in [0.25, 0.3) is 0 Å². The second kappa shape index (κ2) is 8.04. The van der Waals surface area contributed by atoms with Crippen molar-refractivity contribution in [3.05, 3.63) is 90.0 Å². The molecule has 31 heavy (non-hydrogen) atoms. The Morgan fingerprint density at radius 2 is 1.29 bits per heavy atom. The maximum atomic E-state index is 12.9. The molecule has 5 heteroatoms. The van der Waals surface area contributed by atoms with E-state index in [0.29, 0.717) is 12.1 Å². The lowest BCUT2D eigenvalue weighted by Gasteiger charge is -2.42. The second-order valence-electron chi connectivity index (χ2n) is 8.59. The average molecular weight is 422 g/mol. The molecule has 0 N–H and O–H groups in total. The summed E-state index contributed by atoms with van der Waals surface area (Å²) in [6, 6.07) is 25.5. The van der Waals surface area contributed by atoms with Crippen LogP contribution in [0.25, 0.3) is 11.1 Å². The number of anilines is 1. The molecule has 0 aromatic heterocycles. The molecule has 2 aliphatic rings. The monoisotopic (exact) mass is 422 g/mol. The number of hydrogen-bond acceptors (Lipinski definition) is 2. The van der Waals surface area contributed by atoms with Crippen molar-refractivity contribution in [2.24, 2.45) is 0 Å². The number of alkyl halides is 3. The van der Waals surface area contributed by atoms with Gasteiger partial charge in [0.2, 0.25) is 0 Å². The van der Waals surface area contributed by atoms with Crippen molar-refractivity contribution in [3.63, 3.8) is 0 Å². The molecule has 2 bridgehead atoms. The van der Waals surface area contributed by atoms with Crippen molar-refractivity contribution in [2.75, 3.05) is 18.0 Å². The fraction of sp³-hybridized carbons (Fsp3) is 0.308. The standard InChI is InChI=1S/C26H25F3N2/c27-26(28,29)22-10-12-23(13-11-22)31-24-14-15-25(31)18-30(17-24)16-19-6-8-21(9-7-19)20-4-2-1-3-5-20/h1-13,24-25H,14-18H2. The van der Waals surface area contributed by atoms with Crippen LogP contribution < -0.4 is 4.90 Å². The molecule has 0 amide bonds. The van der Waals surface area contributed by atoms with E-state index in [9.17, 15) is 13.2 Å². The van der Waals surface area contributed by atoms with E-state index < -0.39 is 11.7 Å². The molecule has 2 atom stereocenters. The van der Waals surface area contributed by atoms with Crippen LogP contribution in [-0.4, -0.2) is 30.1 Å². The minimum atomic E-state index is -4.29. The van der Waals surface area contributed by atoms with E-state index in [4.69, 9.17) is 0 Å². The Morgan fingerprint density at radius 1 is 0.710 bits per heavy atom. The number of benzene rings is 3. The Hall–Kier alpha value is -2.79. The van der Waals surface area contributed by atoms with Gasteiger partial charge in [-0.2, -0.15) is 13.2 Å². The SMILES string of the molecule is FC(F)(F)c1ccc(N2C3CCC2CN(Cc2ccc(-c4ccccc4)cc2)C3)cc1. The largest absolute Gasteiger partial charge is 0.416 e. The van der Waals surface area contributed by atoms with Gasteiger partial charge in [-0.05, 0) is 53.8 Å². The third-order valence-corrected chi connectivity index (χ3v) is 6.52. The maximum absolute atomic E-state index is 12.9. The molecule has 0 aliphatic carbocycles. The van der Waals surface area contributed by atoms with E-state index in [0.717, 1.165) is 38.2 Å². The average Bonchev–Trinajstić information content (AvgIpc) is 3.05. The molecule has 160 valence electrons. The third-order valence-electron chi connectivity index (χ3n) is 6.52. The highest BCUT2D eigenvalue weighted by molar-refractivity contribution is 5.63. The molecule has 2 saturated heterocycles. The summed E-state index contributed by atoms with van der Waals surface area (Å²) in [7, 11) is 0. The van der Waals surface area contributed by atoms with Crippen LogP contribution in [0.5, 0.6) is 0 Å². The minimum absolute atomic E-state index is 0.360. The topological polar surface area (TPSA) is 6.48 Å². The van der Waals surface area contributed by atoms with Crippen LogP contribution in [0, 0.1) is 0 Å². The van der Waals surface area contributed by atoms with Gasteiger partial charge >= 0.3 is 6.18 Å². The summed E-state index contributed by atoms with van der Waals surface area (Å²) in [6.07, 6.45) is -2.10. The van der Waals surface area contributed by atoms with Gasteiger partial charge in [-0.25, -0.2) is 0 Å². The van der Waals surface area contributed by atoms with Crippen molar-refractivity contribution in [1.29, 1.82) is 0 Å². The van der Waals surface area contributed by atoms with Gasteiger partial charge in [-0.1, -0.05) is 54.6 Å². The van der Waals surface area contributed by atoms with Crippen molar-refractivity contribution >= 4 is 5.69 Å². The summed E-state index contributed by atoms with van der Waals surface area (Å²) in [4.78, 5) is 4.83. The highest BCUT2D eigenvalue weighted by Crippen LogP contribution is 2.37. The van der Waals surface area contributed by atoms with Crippen molar-refractivity contribution in [2.45, 2.75) is 37.6 Å². The number of hydrogen-bond donors (Lipinski definition) is 0. The first kappa shape index (κ1) is 20.1. The number of piperazine rings is 1. The van der Waals surface area contributed by atoms with Gasteiger partial charge in [0, 0.05) is 37.4 Å². The van der Waals surface area contributed by atoms with Gasteiger partial charge in [0.1, 0.15) is 0 Å². The quantitative estimate of drug-likeness (QED) is 0.492. The summed E-state index contributed by atoms with van der Waals surface area (Å²) in [5.41, 5.74) is 4.06. The Balaban J connectivity index is 1.25. The minimum Gasteiger partial charge on any atom is -0.363 e. The fourth-order valence-electron chi connectivity index (χ4n) is 5.05. The van der Waals surface area contributed by atoms with E-state index in [1.165, 1.54) is 28.8 Å². The molecule has 0 radical (unpaired) electrons. The Bertz CT molecular complexity index is 999. The highest BCUT2D eigenvalue weighted by atomic mass is 19.4. The number of likely N-dealkylation sites (tertiary alicyclic amines) is 1. The zero-order valence-corrected chi connectivity index (χ0v) is 17.2. The first-order chi connectivity index (χ1) is 15.0. The van der Waals surface area contributed by atoms with E-state index in [-0.39, 0.29) is 0 Å². The number of rotatable bonds is 4. The normalized spacial score (nSPS) is 21.5. The molecule has 2 unspecified atom stereocenters. The number of halogens is 3. The molecule has 2 nitrogen and oxygen atoms in total. The first-order valence-electron chi connectivity index (χ1n) is 10.8. The van der Waals surface area contributed by atoms with Crippen molar-refractivity contribution < 1.29 is 13.2 Å². The maximum Gasteiger partial charge on any atom is 0.416 e. The third kappa shape index (κ3) is 4.19. The molecular weight excluding hydrogens is 397 g/mol. The predicted octanol–water partition coefficient (Wildman–Crippen LogP) is 6.23. The Morgan fingerprint density at radius 3 is 1.87 bits per heavy atom. The lowest BCUT2D eigenvalue weighted by molar-refractivity contribution is -0.137. The van der Waals surface area contributed by atoms with E-state index >= 15 is 0 Å². The predicted molar refractivity (Wildman–Crippen MR) is 118 cm³/mol. The van der Waals surface area contributed by atoms with E-state index in [1.54, 1.807) is 12.1 Å². The number of fused-ring (bicyclic) bond motifs is 2. The van der Waals surface area contributed by atoms with Gasteiger partial charge in [-0.3, -0.25) is 4.90 Å². The van der Waals surface area contributed by atoms with E-state index in [1.807, 2.05) is 6.07 Å². The molecule has 3 aromatic carbocycles. The second-order valence-corrected chi connectivity index (χ2v) is 8.59. The van der Waals surface area contributed by atoms with Crippen LogP contribution in [0.3, 0.4) is 0 Å². The zero-order valence-electron chi connectivity index (χ0n) is 17.2. The lowest BCUT2D eigenvalue weighted by Crippen LogP contribution is -2.53. The van der Waals surface area contributed by atoms with Crippen LogP contribution in [0.4, 0.5) is 18.9 Å². The van der Waals surface area contributed by atoms with E-state index in [2.05, 4.69) is 58.3 Å². The van der Waals surface area contributed by atoms with Gasteiger partial charge in [0.05, 0.1) is 5.56 Å². The summed E-state index contributed by atoms with van der Waals surface area (Å²) >= 11 is 0. The molecule has 2 fully saturated rings. The van der Waals surface area contributed by atoms with Gasteiger partial charge < -0.3 is 4.90 Å². The van der Waals surface area contributed by atoms with Crippen LogP contribution in [0.2, 0.25) is 0 Å². The summed E-state index contributed by atoms with van der Waals surface area (Å²) in [5, 5.41) is 0. The summed E-state index contributed by atoms with van der Waals surface area (Å²) in [5.74, 6) is 0. The fourth-order valence-corrected chi connectivity index (χ4v) is 5.05. The first-order valence-corrected chi connectivity index (χ1v) is 10.8. The highest BCUT2D eigenvalue weighted by Gasteiger charge is 2.40.